The van der Waals surface area contributed by atoms with Gasteiger partial charge in [-0.3, -0.25) is 9.69 Å². The van der Waals surface area contributed by atoms with E-state index in [4.69, 9.17) is 14.2 Å². The van der Waals surface area contributed by atoms with E-state index in [9.17, 15) is 14.0 Å². The maximum Gasteiger partial charge on any atom is 0.341 e. The number of carbonyl (C=O) groups excluding carboxylic acids is 2. The summed E-state index contributed by atoms with van der Waals surface area (Å²) < 4.78 is 28.8. The number of piperazine rings is 1. The van der Waals surface area contributed by atoms with Crippen molar-refractivity contribution in [1.82, 2.24) is 9.80 Å². The molecule has 2 aromatic carbocycles. The van der Waals surface area contributed by atoms with Gasteiger partial charge in [-0.2, -0.15) is 0 Å². The third kappa shape index (κ3) is 5.56. The Morgan fingerprint density at radius 2 is 1.75 bits per heavy atom. The molecule has 2 aromatic rings. The van der Waals surface area contributed by atoms with Crippen LogP contribution in [0.4, 0.5) is 4.39 Å². The number of benzene rings is 2. The van der Waals surface area contributed by atoms with Crippen LogP contribution in [0.2, 0.25) is 0 Å². The van der Waals surface area contributed by atoms with Gasteiger partial charge in [-0.15, -0.1) is 0 Å². The number of rotatable bonds is 7. The molecule has 0 aliphatic carbocycles. The molecule has 0 saturated carbocycles. The molecule has 0 bridgehead atoms. The molecule has 32 heavy (non-hydrogen) atoms. The lowest BCUT2D eigenvalue weighted by molar-refractivity contribution is -0.139. The second-order valence-corrected chi connectivity index (χ2v) is 7.94. The number of carbonyl (C=O) groups is 2. The highest BCUT2D eigenvalue weighted by molar-refractivity contribution is 5.92. The molecule has 1 aliphatic rings. The molecule has 0 aromatic heterocycles. The van der Waals surface area contributed by atoms with Gasteiger partial charge >= 0.3 is 5.97 Å². The number of hydrogen-bond acceptors (Lipinski definition) is 6. The largest absolute Gasteiger partial charge is 0.496 e. The van der Waals surface area contributed by atoms with Crippen molar-refractivity contribution in [3.05, 3.63) is 59.4 Å². The van der Waals surface area contributed by atoms with Crippen LogP contribution in [-0.4, -0.2) is 67.7 Å². The van der Waals surface area contributed by atoms with Crippen LogP contribution in [0.5, 0.6) is 11.5 Å². The fourth-order valence-corrected chi connectivity index (χ4v) is 3.86. The smallest absolute Gasteiger partial charge is 0.341 e. The van der Waals surface area contributed by atoms with Crippen LogP contribution in [0.3, 0.4) is 0 Å². The molecule has 7 nitrogen and oxygen atoms in total. The minimum Gasteiger partial charge on any atom is -0.496 e. The van der Waals surface area contributed by atoms with Gasteiger partial charge in [0, 0.05) is 37.8 Å². The Morgan fingerprint density at radius 3 is 2.41 bits per heavy atom. The van der Waals surface area contributed by atoms with Crippen molar-refractivity contribution in [2.75, 3.05) is 33.9 Å². The van der Waals surface area contributed by atoms with Crippen molar-refractivity contribution in [2.24, 2.45) is 0 Å². The van der Waals surface area contributed by atoms with Crippen molar-refractivity contribution < 1.29 is 28.2 Å². The Labute approximate surface area is 187 Å². The molecule has 8 heteroatoms. The molecule has 3 rings (SSSR count). The second kappa shape index (κ2) is 10.5. The van der Waals surface area contributed by atoms with Crippen LogP contribution < -0.4 is 9.47 Å². The standard InChI is InChI=1S/C24H29FN2O5/c1-16-13-27(17(2)12-26(16)14-18-5-7-19(25)8-6-18)23(28)15-32-20-9-10-21(24(29)31-4)22(11-20)30-3/h5-11,16-17H,12-15H2,1-4H3. The van der Waals surface area contributed by atoms with Gasteiger partial charge < -0.3 is 19.1 Å². The summed E-state index contributed by atoms with van der Waals surface area (Å²) in [6.07, 6.45) is 0. The molecule has 1 amide bonds. The van der Waals surface area contributed by atoms with Crippen LogP contribution in [0, 0.1) is 5.82 Å². The summed E-state index contributed by atoms with van der Waals surface area (Å²) in [5.74, 6) is -0.118. The van der Waals surface area contributed by atoms with E-state index in [1.165, 1.54) is 26.4 Å². The Balaban J connectivity index is 1.58. The molecule has 1 saturated heterocycles. The summed E-state index contributed by atoms with van der Waals surface area (Å²) >= 11 is 0. The number of esters is 1. The van der Waals surface area contributed by atoms with Gasteiger partial charge in [0.1, 0.15) is 22.9 Å². The number of amides is 1. The van der Waals surface area contributed by atoms with Crippen molar-refractivity contribution in [2.45, 2.75) is 32.5 Å². The first-order valence-electron chi connectivity index (χ1n) is 10.5. The summed E-state index contributed by atoms with van der Waals surface area (Å²) in [4.78, 5) is 28.7. The molecule has 0 radical (unpaired) electrons. The van der Waals surface area contributed by atoms with E-state index in [-0.39, 0.29) is 36.0 Å². The summed E-state index contributed by atoms with van der Waals surface area (Å²) in [5.41, 5.74) is 1.33. The topological polar surface area (TPSA) is 68.3 Å². The first-order valence-corrected chi connectivity index (χ1v) is 10.5. The van der Waals surface area contributed by atoms with Gasteiger partial charge in [-0.1, -0.05) is 12.1 Å². The maximum absolute atomic E-state index is 13.2. The van der Waals surface area contributed by atoms with Gasteiger partial charge in [0.2, 0.25) is 0 Å². The highest BCUT2D eigenvalue weighted by Gasteiger charge is 2.32. The van der Waals surface area contributed by atoms with Crippen LogP contribution in [0.25, 0.3) is 0 Å². The summed E-state index contributed by atoms with van der Waals surface area (Å²) in [7, 11) is 2.75. The maximum atomic E-state index is 13.2. The van der Waals surface area contributed by atoms with E-state index in [1.807, 2.05) is 11.8 Å². The zero-order chi connectivity index (χ0) is 23.3. The molecule has 2 atom stereocenters. The van der Waals surface area contributed by atoms with Crippen LogP contribution in [0.1, 0.15) is 29.8 Å². The Morgan fingerprint density at radius 1 is 1.03 bits per heavy atom. The van der Waals surface area contributed by atoms with E-state index in [2.05, 4.69) is 11.8 Å². The highest BCUT2D eigenvalue weighted by Crippen LogP contribution is 2.26. The van der Waals surface area contributed by atoms with Crippen LogP contribution >= 0.6 is 0 Å². The first kappa shape index (κ1) is 23.5. The number of methoxy groups -OCH3 is 2. The second-order valence-electron chi connectivity index (χ2n) is 7.94. The molecular weight excluding hydrogens is 415 g/mol. The van der Waals surface area contributed by atoms with Crippen molar-refractivity contribution in [1.29, 1.82) is 0 Å². The summed E-state index contributed by atoms with van der Waals surface area (Å²) in [6.45, 7) is 5.97. The molecule has 1 fully saturated rings. The predicted octanol–water partition coefficient (Wildman–Crippen LogP) is 3.12. The monoisotopic (exact) mass is 444 g/mol. The van der Waals surface area contributed by atoms with Gasteiger partial charge in [0.25, 0.3) is 5.91 Å². The van der Waals surface area contributed by atoms with Gasteiger partial charge in [-0.25, -0.2) is 9.18 Å². The Bertz CT molecular complexity index is 950. The molecule has 172 valence electrons. The van der Waals surface area contributed by atoms with E-state index < -0.39 is 5.97 Å². The third-order valence-electron chi connectivity index (χ3n) is 5.67. The van der Waals surface area contributed by atoms with E-state index in [0.29, 0.717) is 31.1 Å². The molecular formula is C24H29FN2O5. The van der Waals surface area contributed by atoms with E-state index >= 15 is 0 Å². The Kier molecular flexibility index (Phi) is 7.69. The lowest BCUT2D eigenvalue weighted by Crippen LogP contribution is -2.58. The number of ether oxygens (including phenoxy) is 3. The zero-order valence-corrected chi connectivity index (χ0v) is 18.8. The fraction of sp³-hybridized carbons (Fsp3) is 0.417. The van der Waals surface area contributed by atoms with Gasteiger partial charge in [0.15, 0.2) is 6.61 Å². The zero-order valence-electron chi connectivity index (χ0n) is 18.8. The van der Waals surface area contributed by atoms with Gasteiger partial charge in [0.05, 0.1) is 14.2 Å². The number of hydrogen-bond donors (Lipinski definition) is 0. The normalized spacial score (nSPS) is 18.8. The van der Waals surface area contributed by atoms with Gasteiger partial charge in [-0.05, 0) is 43.7 Å². The van der Waals surface area contributed by atoms with Crippen molar-refractivity contribution in [3.8, 4) is 11.5 Å². The predicted molar refractivity (Wildman–Crippen MR) is 117 cm³/mol. The summed E-state index contributed by atoms with van der Waals surface area (Å²) in [6, 6.07) is 11.4. The Hall–Kier alpha value is -3.13. The minimum absolute atomic E-state index is 0.0129. The third-order valence-corrected chi connectivity index (χ3v) is 5.67. The molecule has 0 spiro atoms. The minimum atomic E-state index is -0.509. The SMILES string of the molecule is COC(=O)c1ccc(OCC(=O)N2CC(C)N(Cc3ccc(F)cc3)CC2C)cc1OC. The molecule has 1 heterocycles. The highest BCUT2D eigenvalue weighted by atomic mass is 19.1. The average molecular weight is 445 g/mol. The van der Waals surface area contributed by atoms with E-state index in [1.54, 1.807) is 30.3 Å². The lowest BCUT2D eigenvalue weighted by atomic mass is 10.1. The van der Waals surface area contributed by atoms with Crippen molar-refractivity contribution in [3.63, 3.8) is 0 Å². The van der Waals surface area contributed by atoms with Crippen LogP contribution in [0.15, 0.2) is 42.5 Å². The molecule has 2 unspecified atom stereocenters. The quantitative estimate of drug-likeness (QED) is 0.612. The first-order chi connectivity index (χ1) is 15.3. The number of nitrogens with zero attached hydrogens (tertiary/aromatic N) is 2. The lowest BCUT2D eigenvalue weighted by Gasteiger charge is -2.44. The number of halogens is 1. The summed E-state index contributed by atoms with van der Waals surface area (Å²) in [5, 5.41) is 0. The molecule has 0 N–H and O–H groups in total. The molecule has 1 aliphatic heterocycles. The van der Waals surface area contributed by atoms with Crippen molar-refractivity contribution >= 4 is 11.9 Å². The van der Waals surface area contributed by atoms with Crippen LogP contribution in [-0.2, 0) is 16.1 Å². The fourth-order valence-electron chi connectivity index (χ4n) is 3.86. The van der Waals surface area contributed by atoms with E-state index in [0.717, 1.165) is 5.56 Å². The average Bonchev–Trinajstić information content (AvgIpc) is 2.80.